The highest BCUT2D eigenvalue weighted by Gasteiger charge is 2.45. The second kappa shape index (κ2) is 10.8. The molecule has 36 heavy (non-hydrogen) atoms. The van der Waals surface area contributed by atoms with Gasteiger partial charge in [0.2, 0.25) is 6.29 Å². The summed E-state index contributed by atoms with van der Waals surface area (Å²) in [6, 6.07) is 10.5. The molecule has 198 valence electrons. The Morgan fingerprint density at radius 3 is 1.92 bits per heavy atom. The molecule has 2 aromatic rings. The molecule has 0 radical (unpaired) electrons. The van der Waals surface area contributed by atoms with Gasteiger partial charge in [-0.2, -0.15) is 0 Å². The molecular formula is C26H34O10. The van der Waals surface area contributed by atoms with Gasteiger partial charge in [-0.05, 0) is 47.2 Å². The lowest BCUT2D eigenvalue weighted by molar-refractivity contribution is -0.277. The largest absolute Gasteiger partial charge is 0.504 e. The van der Waals surface area contributed by atoms with E-state index in [4.69, 9.17) is 23.7 Å². The van der Waals surface area contributed by atoms with Gasteiger partial charge in [0.15, 0.2) is 23.0 Å². The Labute approximate surface area is 209 Å². The van der Waals surface area contributed by atoms with Crippen LogP contribution in [0.4, 0.5) is 0 Å². The van der Waals surface area contributed by atoms with Crippen molar-refractivity contribution in [1.82, 2.24) is 0 Å². The van der Waals surface area contributed by atoms with E-state index in [0.29, 0.717) is 11.5 Å². The highest BCUT2D eigenvalue weighted by atomic mass is 16.7. The van der Waals surface area contributed by atoms with Crippen molar-refractivity contribution in [3.8, 4) is 23.0 Å². The molecule has 2 fully saturated rings. The van der Waals surface area contributed by atoms with Gasteiger partial charge in [-0.3, -0.25) is 0 Å². The molecule has 0 amide bonds. The number of hydrogen-bond donors (Lipinski definition) is 5. The number of aromatic hydroxyl groups is 1. The van der Waals surface area contributed by atoms with E-state index in [2.05, 4.69) is 13.8 Å². The van der Waals surface area contributed by atoms with Crippen LogP contribution in [-0.2, 0) is 9.47 Å². The van der Waals surface area contributed by atoms with Crippen molar-refractivity contribution in [3.63, 3.8) is 0 Å². The van der Waals surface area contributed by atoms with E-state index in [0.717, 1.165) is 11.1 Å². The first-order valence-corrected chi connectivity index (χ1v) is 11.9. The summed E-state index contributed by atoms with van der Waals surface area (Å²) in [6.45, 7) is 3.67. The predicted octanol–water partition coefficient (Wildman–Crippen LogP) is 1.67. The molecule has 2 aliphatic heterocycles. The van der Waals surface area contributed by atoms with Crippen LogP contribution in [0.25, 0.3) is 0 Å². The van der Waals surface area contributed by atoms with Crippen LogP contribution < -0.4 is 14.2 Å². The summed E-state index contributed by atoms with van der Waals surface area (Å²) in [4.78, 5) is 0. The van der Waals surface area contributed by atoms with Crippen molar-refractivity contribution in [3.05, 3.63) is 47.5 Å². The van der Waals surface area contributed by atoms with Gasteiger partial charge in [-0.15, -0.1) is 0 Å². The van der Waals surface area contributed by atoms with Gasteiger partial charge < -0.3 is 49.2 Å². The molecule has 4 rings (SSSR count). The standard InChI is InChI=1S/C26H34O10/c1-12-13(2)25(36-24(12)14-5-7-16(28)18(9-14)32-3)15-6-8-17(19(10-15)33-4)34-26-23(31)22(30)21(29)20(11-27)35-26/h5-10,12-13,20-31H,11H2,1-4H3/t12-,13+,20-,21-,22+,23-,24-,25+,26-/m1/s1. The third-order valence-electron chi connectivity index (χ3n) is 7.22. The van der Waals surface area contributed by atoms with E-state index >= 15 is 0 Å². The van der Waals surface area contributed by atoms with Crippen molar-refractivity contribution >= 4 is 0 Å². The predicted molar refractivity (Wildman–Crippen MR) is 127 cm³/mol. The number of aliphatic hydroxyl groups is 4. The average Bonchev–Trinajstić information content (AvgIpc) is 3.18. The number of methoxy groups -OCH3 is 2. The molecule has 0 unspecified atom stereocenters. The first kappa shape index (κ1) is 26.5. The smallest absolute Gasteiger partial charge is 0.229 e. The summed E-state index contributed by atoms with van der Waals surface area (Å²) < 4.78 is 28.5. The summed E-state index contributed by atoms with van der Waals surface area (Å²) in [5.74, 6) is 1.38. The zero-order valence-corrected chi connectivity index (χ0v) is 20.6. The van der Waals surface area contributed by atoms with Crippen LogP contribution in [0.15, 0.2) is 36.4 Å². The molecule has 0 aromatic heterocycles. The highest BCUT2D eigenvalue weighted by Crippen LogP contribution is 2.50. The van der Waals surface area contributed by atoms with Crippen molar-refractivity contribution in [2.24, 2.45) is 11.8 Å². The van der Waals surface area contributed by atoms with E-state index in [1.807, 2.05) is 12.1 Å². The van der Waals surface area contributed by atoms with Gasteiger partial charge in [0.1, 0.15) is 24.4 Å². The fourth-order valence-electron chi connectivity index (χ4n) is 4.84. The maximum atomic E-state index is 10.3. The van der Waals surface area contributed by atoms with Crippen LogP contribution in [-0.4, -0.2) is 77.1 Å². The summed E-state index contributed by atoms with van der Waals surface area (Å²) in [5.41, 5.74) is 1.77. The van der Waals surface area contributed by atoms with E-state index in [1.54, 1.807) is 24.3 Å². The van der Waals surface area contributed by atoms with Gasteiger partial charge in [0, 0.05) is 0 Å². The maximum absolute atomic E-state index is 10.3. The molecule has 9 atom stereocenters. The number of rotatable bonds is 7. The monoisotopic (exact) mass is 506 g/mol. The van der Waals surface area contributed by atoms with Crippen molar-refractivity contribution < 1.29 is 49.2 Å². The Morgan fingerprint density at radius 1 is 0.750 bits per heavy atom. The zero-order chi connectivity index (χ0) is 26.1. The third-order valence-corrected chi connectivity index (χ3v) is 7.22. The first-order chi connectivity index (χ1) is 17.2. The Hall–Kier alpha value is -2.60. The second-order valence-corrected chi connectivity index (χ2v) is 9.35. The Bertz CT molecular complexity index is 1040. The van der Waals surface area contributed by atoms with E-state index in [-0.39, 0.29) is 35.5 Å². The van der Waals surface area contributed by atoms with Crippen LogP contribution in [0.5, 0.6) is 23.0 Å². The van der Waals surface area contributed by atoms with Gasteiger partial charge >= 0.3 is 0 Å². The second-order valence-electron chi connectivity index (χ2n) is 9.35. The fraction of sp³-hybridized carbons (Fsp3) is 0.538. The summed E-state index contributed by atoms with van der Waals surface area (Å²) in [5, 5.41) is 49.7. The highest BCUT2D eigenvalue weighted by molar-refractivity contribution is 5.45. The number of hydrogen-bond acceptors (Lipinski definition) is 10. The lowest BCUT2D eigenvalue weighted by atomic mass is 9.85. The van der Waals surface area contributed by atoms with E-state index in [1.165, 1.54) is 14.2 Å². The molecule has 2 saturated heterocycles. The number of phenolic OH excluding ortho intramolecular Hbond substituents is 1. The summed E-state index contributed by atoms with van der Waals surface area (Å²) >= 11 is 0. The fourth-order valence-corrected chi connectivity index (χ4v) is 4.84. The number of ether oxygens (including phenoxy) is 5. The molecule has 0 saturated carbocycles. The van der Waals surface area contributed by atoms with Gasteiger partial charge in [-0.25, -0.2) is 0 Å². The van der Waals surface area contributed by atoms with Gasteiger partial charge in [0.25, 0.3) is 0 Å². The van der Waals surface area contributed by atoms with Crippen molar-refractivity contribution in [1.29, 1.82) is 0 Å². The average molecular weight is 507 g/mol. The number of phenols is 1. The number of benzene rings is 2. The molecule has 0 aliphatic carbocycles. The molecule has 2 heterocycles. The molecule has 5 N–H and O–H groups in total. The Kier molecular flexibility index (Phi) is 7.93. The van der Waals surface area contributed by atoms with Crippen LogP contribution in [0.2, 0.25) is 0 Å². The van der Waals surface area contributed by atoms with Crippen molar-refractivity contribution in [2.75, 3.05) is 20.8 Å². The van der Waals surface area contributed by atoms with Crippen LogP contribution in [0.1, 0.15) is 37.2 Å². The topological polar surface area (TPSA) is 147 Å². The SMILES string of the molecule is COc1cc([C@@H]2O[C@H](c3ccc(O[C@@H]4O[C@H](CO)[C@@H](O)[C@H](O)[C@H]4O)c(OC)c3)[C@@H](C)[C@H]2C)ccc1O. The minimum Gasteiger partial charge on any atom is -0.504 e. The van der Waals surface area contributed by atoms with Gasteiger partial charge in [0.05, 0.1) is 33.0 Å². The van der Waals surface area contributed by atoms with E-state index in [9.17, 15) is 25.5 Å². The first-order valence-electron chi connectivity index (χ1n) is 11.9. The molecule has 10 heteroatoms. The summed E-state index contributed by atoms with van der Waals surface area (Å²) in [6.07, 6.45) is -7.42. The van der Waals surface area contributed by atoms with Crippen LogP contribution in [0.3, 0.4) is 0 Å². The molecule has 0 bridgehead atoms. The zero-order valence-electron chi connectivity index (χ0n) is 20.6. The normalized spacial score (nSPS) is 34.4. The quantitative estimate of drug-likeness (QED) is 0.376. The lowest BCUT2D eigenvalue weighted by Gasteiger charge is -2.39. The lowest BCUT2D eigenvalue weighted by Crippen LogP contribution is -2.60. The molecule has 2 aliphatic rings. The van der Waals surface area contributed by atoms with Crippen LogP contribution in [0, 0.1) is 11.8 Å². The van der Waals surface area contributed by atoms with Crippen molar-refractivity contribution in [2.45, 2.75) is 56.8 Å². The maximum Gasteiger partial charge on any atom is 0.229 e. The van der Waals surface area contributed by atoms with Crippen LogP contribution >= 0.6 is 0 Å². The molecular weight excluding hydrogens is 472 g/mol. The minimum atomic E-state index is -1.55. The molecule has 0 spiro atoms. The van der Waals surface area contributed by atoms with E-state index < -0.39 is 37.3 Å². The Morgan fingerprint density at radius 2 is 1.33 bits per heavy atom. The molecule has 2 aromatic carbocycles. The Balaban J connectivity index is 1.55. The minimum absolute atomic E-state index is 0.0659. The number of aliphatic hydroxyl groups excluding tert-OH is 4. The summed E-state index contributed by atoms with van der Waals surface area (Å²) in [7, 11) is 2.98. The van der Waals surface area contributed by atoms with Gasteiger partial charge in [-0.1, -0.05) is 26.0 Å². The third kappa shape index (κ3) is 4.84. The molecule has 10 nitrogen and oxygen atoms in total.